The minimum absolute atomic E-state index is 0.126. The number of nitrogens with one attached hydrogen (secondary N) is 1. The van der Waals surface area contributed by atoms with Crippen molar-refractivity contribution < 1.29 is 4.79 Å². The molecule has 0 radical (unpaired) electrons. The van der Waals surface area contributed by atoms with Crippen LogP contribution < -0.4 is 5.32 Å². The van der Waals surface area contributed by atoms with Crippen molar-refractivity contribution in [3.63, 3.8) is 0 Å². The highest BCUT2D eigenvalue weighted by Gasteiger charge is 2.23. The number of unbranched alkanes of at least 4 members (excludes halogenated alkanes) is 1. The summed E-state index contributed by atoms with van der Waals surface area (Å²) in [5.41, 5.74) is 3.25. The third-order valence-corrected chi connectivity index (χ3v) is 4.73. The molecule has 1 amide bonds. The van der Waals surface area contributed by atoms with E-state index in [1.54, 1.807) is 0 Å². The standard InChI is InChI=1S/C19H30N2O/c1-4-5-11-17-12-6-7-13-21(17)14-18(22)20-19-15(2)9-8-10-16(19)3/h8-10,17H,4-7,11-14H2,1-3H3,(H,20,22). The summed E-state index contributed by atoms with van der Waals surface area (Å²) in [6.45, 7) is 7.93. The van der Waals surface area contributed by atoms with Gasteiger partial charge in [0.25, 0.3) is 0 Å². The van der Waals surface area contributed by atoms with Crippen LogP contribution in [-0.4, -0.2) is 29.9 Å². The van der Waals surface area contributed by atoms with Crippen LogP contribution in [0, 0.1) is 13.8 Å². The van der Waals surface area contributed by atoms with Crippen molar-refractivity contribution in [1.82, 2.24) is 4.90 Å². The topological polar surface area (TPSA) is 32.3 Å². The third-order valence-electron chi connectivity index (χ3n) is 4.73. The lowest BCUT2D eigenvalue weighted by Crippen LogP contribution is -2.44. The lowest BCUT2D eigenvalue weighted by atomic mass is 9.97. The normalized spacial score (nSPS) is 19.1. The van der Waals surface area contributed by atoms with E-state index in [0.29, 0.717) is 12.6 Å². The number of hydrogen-bond donors (Lipinski definition) is 1. The number of benzene rings is 1. The maximum absolute atomic E-state index is 12.5. The molecule has 1 atom stereocenters. The van der Waals surface area contributed by atoms with Crippen molar-refractivity contribution >= 4 is 11.6 Å². The molecule has 0 aliphatic carbocycles. The Labute approximate surface area is 135 Å². The number of hydrogen-bond acceptors (Lipinski definition) is 2. The molecule has 1 saturated heterocycles. The van der Waals surface area contributed by atoms with E-state index in [1.807, 2.05) is 32.0 Å². The van der Waals surface area contributed by atoms with Crippen LogP contribution in [0.25, 0.3) is 0 Å². The predicted molar refractivity (Wildman–Crippen MR) is 93.3 cm³/mol. The number of anilines is 1. The van der Waals surface area contributed by atoms with E-state index >= 15 is 0 Å². The molecule has 1 heterocycles. The van der Waals surface area contributed by atoms with Crippen molar-refractivity contribution in [2.45, 2.75) is 65.3 Å². The van der Waals surface area contributed by atoms with Crippen LogP contribution in [-0.2, 0) is 4.79 Å². The van der Waals surface area contributed by atoms with Crippen LogP contribution >= 0.6 is 0 Å². The summed E-state index contributed by atoms with van der Waals surface area (Å²) in [6, 6.07) is 6.73. The maximum atomic E-state index is 12.5. The summed E-state index contributed by atoms with van der Waals surface area (Å²) in [6.07, 6.45) is 7.51. The Balaban J connectivity index is 1.95. The molecule has 1 fully saturated rings. The van der Waals surface area contributed by atoms with Gasteiger partial charge in [-0.1, -0.05) is 44.4 Å². The number of carbonyl (C=O) groups is 1. The van der Waals surface area contributed by atoms with Crippen LogP contribution in [0.2, 0.25) is 0 Å². The molecule has 1 unspecified atom stereocenters. The molecule has 122 valence electrons. The number of aryl methyl sites for hydroxylation is 2. The van der Waals surface area contributed by atoms with Gasteiger partial charge in [-0.3, -0.25) is 9.69 Å². The zero-order chi connectivity index (χ0) is 15.9. The van der Waals surface area contributed by atoms with Crippen molar-refractivity contribution in [2.75, 3.05) is 18.4 Å². The van der Waals surface area contributed by atoms with Crippen molar-refractivity contribution in [3.8, 4) is 0 Å². The summed E-state index contributed by atoms with van der Waals surface area (Å²) >= 11 is 0. The number of rotatable bonds is 6. The van der Waals surface area contributed by atoms with Gasteiger partial charge in [0.05, 0.1) is 6.54 Å². The van der Waals surface area contributed by atoms with Crippen molar-refractivity contribution in [2.24, 2.45) is 0 Å². The van der Waals surface area contributed by atoms with Crippen molar-refractivity contribution in [1.29, 1.82) is 0 Å². The maximum Gasteiger partial charge on any atom is 0.238 e. The molecule has 0 spiro atoms. The summed E-state index contributed by atoms with van der Waals surface area (Å²) < 4.78 is 0. The second-order valence-electron chi connectivity index (χ2n) is 6.58. The largest absolute Gasteiger partial charge is 0.324 e. The van der Waals surface area contributed by atoms with E-state index in [1.165, 1.54) is 38.5 Å². The van der Waals surface area contributed by atoms with Gasteiger partial charge in [-0.2, -0.15) is 0 Å². The zero-order valence-corrected chi connectivity index (χ0v) is 14.3. The lowest BCUT2D eigenvalue weighted by Gasteiger charge is -2.35. The van der Waals surface area contributed by atoms with Gasteiger partial charge in [0.2, 0.25) is 5.91 Å². The van der Waals surface area contributed by atoms with Crippen LogP contribution in [0.5, 0.6) is 0 Å². The van der Waals surface area contributed by atoms with Gasteiger partial charge in [0.15, 0.2) is 0 Å². The Bertz CT molecular complexity index is 478. The minimum atomic E-state index is 0.126. The zero-order valence-electron chi connectivity index (χ0n) is 14.3. The van der Waals surface area contributed by atoms with Crippen LogP contribution in [0.15, 0.2) is 18.2 Å². The van der Waals surface area contributed by atoms with Gasteiger partial charge >= 0.3 is 0 Å². The van der Waals surface area contributed by atoms with Gasteiger partial charge < -0.3 is 5.32 Å². The molecule has 1 aliphatic rings. The molecule has 0 aromatic heterocycles. The van der Waals surface area contributed by atoms with E-state index in [2.05, 4.69) is 17.1 Å². The lowest BCUT2D eigenvalue weighted by molar-refractivity contribution is -0.118. The Morgan fingerprint density at radius 2 is 2.00 bits per heavy atom. The fraction of sp³-hybridized carbons (Fsp3) is 0.632. The third kappa shape index (κ3) is 4.57. The first kappa shape index (κ1) is 17.0. The molecule has 1 N–H and O–H groups in total. The molecular weight excluding hydrogens is 272 g/mol. The molecule has 22 heavy (non-hydrogen) atoms. The Kier molecular flexibility index (Phi) is 6.44. The highest BCUT2D eigenvalue weighted by molar-refractivity contribution is 5.93. The monoisotopic (exact) mass is 302 g/mol. The second kappa shape index (κ2) is 8.33. The van der Waals surface area contributed by atoms with E-state index < -0.39 is 0 Å². The molecule has 0 bridgehead atoms. The Morgan fingerprint density at radius 3 is 2.68 bits per heavy atom. The molecular formula is C19H30N2O. The van der Waals surface area contributed by atoms with Gasteiger partial charge in [-0.05, 0) is 50.8 Å². The van der Waals surface area contributed by atoms with Gasteiger partial charge in [0, 0.05) is 11.7 Å². The number of nitrogens with zero attached hydrogens (tertiary/aromatic N) is 1. The summed E-state index contributed by atoms with van der Waals surface area (Å²) in [5, 5.41) is 3.12. The molecule has 1 aromatic rings. The van der Waals surface area contributed by atoms with Crippen LogP contribution in [0.3, 0.4) is 0 Å². The fourth-order valence-corrected chi connectivity index (χ4v) is 3.41. The smallest absolute Gasteiger partial charge is 0.238 e. The first-order valence-corrected chi connectivity index (χ1v) is 8.72. The van der Waals surface area contributed by atoms with E-state index in [0.717, 1.165) is 23.4 Å². The first-order chi connectivity index (χ1) is 10.6. The number of likely N-dealkylation sites (tertiary alicyclic amines) is 1. The SMILES string of the molecule is CCCCC1CCCCN1CC(=O)Nc1c(C)cccc1C. The van der Waals surface area contributed by atoms with Crippen molar-refractivity contribution in [3.05, 3.63) is 29.3 Å². The Morgan fingerprint density at radius 1 is 1.27 bits per heavy atom. The summed E-state index contributed by atoms with van der Waals surface area (Å²) in [5.74, 6) is 0.126. The van der Waals surface area contributed by atoms with E-state index in [9.17, 15) is 4.79 Å². The predicted octanol–water partition coefficient (Wildman–Crippen LogP) is 4.29. The average molecular weight is 302 g/mol. The van der Waals surface area contributed by atoms with Crippen LogP contribution in [0.1, 0.15) is 56.6 Å². The molecule has 0 saturated carbocycles. The highest BCUT2D eigenvalue weighted by Crippen LogP contribution is 2.22. The highest BCUT2D eigenvalue weighted by atomic mass is 16.2. The molecule has 1 aliphatic heterocycles. The minimum Gasteiger partial charge on any atom is -0.324 e. The molecule has 1 aromatic carbocycles. The van der Waals surface area contributed by atoms with E-state index in [4.69, 9.17) is 0 Å². The molecule has 3 heteroatoms. The first-order valence-electron chi connectivity index (χ1n) is 8.72. The Hall–Kier alpha value is -1.35. The second-order valence-corrected chi connectivity index (χ2v) is 6.58. The summed E-state index contributed by atoms with van der Waals surface area (Å²) in [7, 11) is 0. The fourth-order valence-electron chi connectivity index (χ4n) is 3.41. The van der Waals surface area contributed by atoms with Gasteiger partial charge in [-0.25, -0.2) is 0 Å². The number of amides is 1. The number of carbonyl (C=O) groups excluding carboxylic acids is 1. The van der Waals surface area contributed by atoms with Gasteiger partial charge in [0.1, 0.15) is 0 Å². The molecule has 3 nitrogen and oxygen atoms in total. The number of para-hydroxylation sites is 1. The summed E-state index contributed by atoms with van der Waals surface area (Å²) in [4.78, 5) is 14.8. The average Bonchev–Trinajstić information content (AvgIpc) is 2.50. The van der Waals surface area contributed by atoms with Crippen LogP contribution in [0.4, 0.5) is 5.69 Å². The quantitative estimate of drug-likeness (QED) is 0.850. The van der Waals surface area contributed by atoms with Gasteiger partial charge in [-0.15, -0.1) is 0 Å². The molecule has 2 rings (SSSR count). The van der Waals surface area contributed by atoms with E-state index in [-0.39, 0.29) is 5.91 Å². The number of piperidine rings is 1.